The van der Waals surface area contributed by atoms with Crippen LogP contribution in [0.3, 0.4) is 0 Å². The fourth-order valence-electron chi connectivity index (χ4n) is 3.91. The number of rotatable bonds is 1. The molecule has 3 heterocycles. The van der Waals surface area contributed by atoms with Crippen molar-refractivity contribution in [1.29, 1.82) is 0 Å². The maximum Gasteiger partial charge on any atom is 0.206 e. The van der Waals surface area contributed by atoms with Gasteiger partial charge in [0.2, 0.25) is 5.95 Å². The molecular formula is C15H20N4. The summed E-state index contributed by atoms with van der Waals surface area (Å²) < 4.78 is 2.23. The largest absolute Gasteiger partial charge is 0.336 e. The van der Waals surface area contributed by atoms with E-state index < -0.39 is 0 Å². The molecule has 0 radical (unpaired) electrons. The molecule has 2 aromatic rings. The van der Waals surface area contributed by atoms with E-state index in [-0.39, 0.29) is 0 Å². The maximum absolute atomic E-state index is 6.16. The average molecular weight is 256 g/mol. The van der Waals surface area contributed by atoms with Crippen molar-refractivity contribution >= 4 is 17.0 Å². The molecule has 1 aromatic carbocycles. The zero-order valence-electron chi connectivity index (χ0n) is 11.3. The Hall–Kier alpha value is -1.55. The predicted molar refractivity (Wildman–Crippen MR) is 77.2 cm³/mol. The molecule has 19 heavy (non-hydrogen) atoms. The van der Waals surface area contributed by atoms with Crippen molar-refractivity contribution in [1.82, 2.24) is 9.55 Å². The molecule has 2 fully saturated rings. The van der Waals surface area contributed by atoms with Crippen LogP contribution in [-0.4, -0.2) is 27.7 Å². The Morgan fingerprint density at radius 3 is 2.53 bits per heavy atom. The number of anilines is 1. The molecule has 0 spiro atoms. The van der Waals surface area contributed by atoms with E-state index in [1.54, 1.807) is 0 Å². The van der Waals surface area contributed by atoms with Crippen LogP contribution in [0.15, 0.2) is 24.3 Å². The van der Waals surface area contributed by atoms with Gasteiger partial charge in [0.25, 0.3) is 0 Å². The Bertz CT molecular complexity index is 604. The highest BCUT2D eigenvalue weighted by Gasteiger charge is 2.41. The number of nitrogens with two attached hydrogens (primary N) is 1. The molecule has 2 N–H and O–H groups in total. The van der Waals surface area contributed by atoms with Gasteiger partial charge in [0.1, 0.15) is 0 Å². The van der Waals surface area contributed by atoms with Gasteiger partial charge in [-0.3, -0.25) is 0 Å². The van der Waals surface area contributed by atoms with Crippen molar-refractivity contribution in [2.45, 2.75) is 43.8 Å². The van der Waals surface area contributed by atoms with Crippen LogP contribution < -0.4 is 10.6 Å². The molecule has 4 heteroatoms. The number of imidazole rings is 1. The second-order valence-electron chi connectivity index (χ2n) is 5.98. The number of hydrogen-bond acceptors (Lipinski definition) is 3. The molecule has 1 aromatic heterocycles. The van der Waals surface area contributed by atoms with Gasteiger partial charge in [-0.25, -0.2) is 4.98 Å². The molecule has 0 amide bonds. The van der Waals surface area contributed by atoms with Crippen LogP contribution in [0.25, 0.3) is 11.0 Å². The Morgan fingerprint density at radius 1 is 1.16 bits per heavy atom. The summed E-state index contributed by atoms with van der Waals surface area (Å²) >= 11 is 0. The Balaban J connectivity index is 1.81. The minimum atomic E-state index is 0.378. The molecule has 2 saturated heterocycles. The molecule has 4 rings (SSSR count). The van der Waals surface area contributed by atoms with Gasteiger partial charge in [0, 0.05) is 25.2 Å². The fraction of sp³-hybridized carbons (Fsp3) is 0.533. The molecule has 2 atom stereocenters. The lowest BCUT2D eigenvalue weighted by molar-refractivity contribution is 0.407. The lowest BCUT2D eigenvalue weighted by Gasteiger charge is -2.38. The van der Waals surface area contributed by atoms with Gasteiger partial charge in [-0.05, 0) is 37.8 Å². The lowest BCUT2D eigenvalue weighted by atomic mass is 9.99. The van der Waals surface area contributed by atoms with Gasteiger partial charge >= 0.3 is 0 Å². The number of benzene rings is 1. The van der Waals surface area contributed by atoms with Gasteiger partial charge in [-0.15, -0.1) is 0 Å². The summed E-state index contributed by atoms with van der Waals surface area (Å²) in [6.07, 6.45) is 4.75. The van der Waals surface area contributed by atoms with Crippen LogP contribution in [0.4, 0.5) is 5.95 Å². The van der Waals surface area contributed by atoms with Crippen molar-refractivity contribution in [2.24, 2.45) is 12.8 Å². The zero-order chi connectivity index (χ0) is 13.0. The summed E-state index contributed by atoms with van der Waals surface area (Å²) in [5, 5.41) is 0. The predicted octanol–water partition coefficient (Wildman–Crippen LogP) is 2.03. The van der Waals surface area contributed by atoms with Crippen LogP contribution in [0.1, 0.15) is 25.7 Å². The summed E-state index contributed by atoms with van der Waals surface area (Å²) in [6, 6.07) is 9.92. The monoisotopic (exact) mass is 256 g/mol. The van der Waals surface area contributed by atoms with E-state index >= 15 is 0 Å². The number of fused-ring (bicyclic) bond motifs is 3. The fourth-order valence-corrected chi connectivity index (χ4v) is 3.91. The van der Waals surface area contributed by atoms with Gasteiger partial charge in [-0.1, -0.05) is 12.1 Å². The van der Waals surface area contributed by atoms with Gasteiger partial charge < -0.3 is 15.2 Å². The lowest BCUT2D eigenvalue weighted by Crippen LogP contribution is -2.48. The first-order valence-electron chi connectivity index (χ1n) is 7.19. The first kappa shape index (κ1) is 11.3. The van der Waals surface area contributed by atoms with Crippen LogP contribution in [-0.2, 0) is 7.05 Å². The standard InChI is InChI=1S/C15H20N4/c1-18-14-5-3-2-4-13(14)17-15(18)19-11-6-7-12(19)9-10(16)8-11/h2-5,10-12H,6-9,16H2,1H3. The van der Waals surface area contributed by atoms with Crippen LogP contribution in [0.2, 0.25) is 0 Å². The highest BCUT2D eigenvalue weighted by molar-refractivity contribution is 5.78. The minimum Gasteiger partial charge on any atom is -0.336 e. The Morgan fingerprint density at radius 2 is 1.84 bits per heavy atom. The second-order valence-corrected chi connectivity index (χ2v) is 5.98. The van der Waals surface area contributed by atoms with E-state index in [2.05, 4.69) is 40.8 Å². The molecule has 0 aliphatic carbocycles. The molecular weight excluding hydrogens is 236 g/mol. The first-order chi connectivity index (χ1) is 9.24. The highest BCUT2D eigenvalue weighted by atomic mass is 15.4. The molecule has 2 aliphatic rings. The minimum absolute atomic E-state index is 0.378. The van der Waals surface area contributed by atoms with E-state index in [4.69, 9.17) is 10.7 Å². The number of piperidine rings is 1. The summed E-state index contributed by atoms with van der Waals surface area (Å²) in [4.78, 5) is 7.38. The number of nitrogens with zero attached hydrogens (tertiary/aromatic N) is 3. The number of hydrogen-bond donors (Lipinski definition) is 1. The third-order valence-electron chi connectivity index (χ3n) is 4.76. The quantitative estimate of drug-likeness (QED) is 0.849. The number of aryl methyl sites for hydroxylation is 1. The van der Waals surface area contributed by atoms with E-state index in [9.17, 15) is 0 Å². The van der Waals surface area contributed by atoms with Crippen molar-refractivity contribution in [3.63, 3.8) is 0 Å². The molecule has 2 bridgehead atoms. The van der Waals surface area contributed by atoms with Crippen molar-refractivity contribution < 1.29 is 0 Å². The van der Waals surface area contributed by atoms with Crippen molar-refractivity contribution in [3.8, 4) is 0 Å². The van der Waals surface area contributed by atoms with Crippen molar-refractivity contribution in [2.75, 3.05) is 4.90 Å². The Labute approximate surface area is 113 Å². The molecule has 100 valence electrons. The summed E-state index contributed by atoms with van der Waals surface area (Å²) in [6.45, 7) is 0. The molecule has 0 saturated carbocycles. The van der Waals surface area contributed by atoms with Gasteiger partial charge in [-0.2, -0.15) is 0 Å². The maximum atomic E-state index is 6.16. The smallest absolute Gasteiger partial charge is 0.206 e. The molecule has 2 unspecified atom stereocenters. The van der Waals surface area contributed by atoms with Gasteiger partial charge in [0.05, 0.1) is 11.0 Å². The SMILES string of the molecule is Cn1c(N2C3CCC2CC(N)C3)nc2ccccc21. The topological polar surface area (TPSA) is 47.1 Å². The van der Waals surface area contributed by atoms with E-state index in [1.807, 2.05) is 0 Å². The van der Waals surface area contributed by atoms with Crippen LogP contribution in [0.5, 0.6) is 0 Å². The van der Waals surface area contributed by atoms with Crippen LogP contribution in [0, 0.1) is 0 Å². The zero-order valence-corrected chi connectivity index (χ0v) is 11.3. The average Bonchev–Trinajstić information content (AvgIpc) is 2.86. The van der Waals surface area contributed by atoms with E-state index in [0.29, 0.717) is 18.1 Å². The third-order valence-corrected chi connectivity index (χ3v) is 4.76. The van der Waals surface area contributed by atoms with Crippen molar-refractivity contribution in [3.05, 3.63) is 24.3 Å². The van der Waals surface area contributed by atoms with E-state index in [0.717, 1.165) is 24.3 Å². The normalized spacial score (nSPS) is 30.2. The third kappa shape index (κ3) is 1.59. The summed E-state index contributed by atoms with van der Waals surface area (Å²) in [7, 11) is 2.12. The number of para-hydroxylation sites is 2. The Kier molecular flexibility index (Phi) is 2.36. The summed E-state index contributed by atoms with van der Waals surface area (Å²) in [5.74, 6) is 1.13. The van der Waals surface area contributed by atoms with Crippen LogP contribution >= 0.6 is 0 Å². The first-order valence-corrected chi connectivity index (χ1v) is 7.19. The highest BCUT2D eigenvalue weighted by Crippen LogP contribution is 2.39. The molecule has 2 aliphatic heterocycles. The van der Waals surface area contributed by atoms with Gasteiger partial charge in [0.15, 0.2) is 0 Å². The van der Waals surface area contributed by atoms with E-state index in [1.165, 1.54) is 18.4 Å². The second kappa shape index (κ2) is 3.97. The summed E-state index contributed by atoms with van der Waals surface area (Å²) in [5.41, 5.74) is 8.46. The number of aromatic nitrogens is 2. The molecule has 4 nitrogen and oxygen atoms in total.